The van der Waals surface area contributed by atoms with Gasteiger partial charge in [-0.25, -0.2) is 4.79 Å². The van der Waals surface area contributed by atoms with Gasteiger partial charge in [-0.2, -0.15) is 0 Å². The molecule has 0 radical (unpaired) electrons. The molecule has 0 saturated heterocycles. The molecule has 0 aromatic heterocycles. The highest BCUT2D eigenvalue weighted by molar-refractivity contribution is 5.77. The maximum Gasteiger partial charge on any atom is 0.314 e. The molecule has 5 heteroatoms. The molecule has 0 fully saturated rings. The summed E-state index contributed by atoms with van der Waals surface area (Å²) >= 11 is 0. The SMILES string of the molecule is CC(C)(CNC(=O)NCCC1=CCCCC1)C(=O)O. The zero-order valence-corrected chi connectivity index (χ0v) is 11.8. The Balaban J connectivity index is 2.18. The third kappa shape index (κ3) is 5.77. The van der Waals surface area contributed by atoms with Crippen LogP contribution in [0.5, 0.6) is 0 Å². The number of allylic oxidation sites excluding steroid dienone is 1. The van der Waals surface area contributed by atoms with Crippen LogP contribution in [0, 0.1) is 5.41 Å². The van der Waals surface area contributed by atoms with Crippen LogP contribution in [0.4, 0.5) is 4.79 Å². The summed E-state index contributed by atoms with van der Waals surface area (Å²) in [6, 6.07) is -0.300. The number of aliphatic carboxylic acids is 1. The van der Waals surface area contributed by atoms with Gasteiger partial charge in [0.15, 0.2) is 0 Å². The van der Waals surface area contributed by atoms with E-state index in [9.17, 15) is 9.59 Å². The lowest BCUT2D eigenvalue weighted by atomic mass is 9.94. The highest BCUT2D eigenvalue weighted by atomic mass is 16.4. The lowest BCUT2D eigenvalue weighted by molar-refractivity contribution is -0.146. The van der Waals surface area contributed by atoms with Crippen molar-refractivity contribution in [3.8, 4) is 0 Å². The summed E-state index contributed by atoms with van der Waals surface area (Å²) in [5.41, 5.74) is 0.473. The van der Waals surface area contributed by atoms with Crippen molar-refractivity contribution in [2.45, 2.75) is 46.0 Å². The van der Waals surface area contributed by atoms with Crippen LogP contribution in [0.25, 0.3) is 0 Å². The van der Waals surface area contributed by atoms with Gasteiger partial charge >= 0.3 is 12.0 Å². The van der Waals surface area contributed by atoms with Crippen molar-refractivity contribution in [1.29, 1.82) is 0 Å². The number of hydrogen-bond acceptors (Lipinski definition) is 2. The van der Waals surface area contributed by atoms with Crippen molar-refractivity contribution < 1.29 is 14.7 Å². The summed E-state index contributed by atoms with van der Waals surface area (Å²) < 4.78 is 0. The largest absolute Gasteiger partial charge is 0.481 e. The minimum Gasteiger partial charge on any atom is -0.481 e. The summed E-state index contributed by atoms with van der Waals surface area (Å²) in [5.74, 6) is -0.917. The Labute approximate surface area is 114 Å². The molecule has 0 bridgehead atoms. The Morgan fingerprint density at radius 2 is 2.05 bits per heavy atom. The standard InChI is InChI=1S/C14H24N2O3/c1-14(2,12(17)18)10-16-13(19)15-9-8-11-6-4-3-5-7-11/h6H,3-5,7-10H2,1-2H3,(H,17,18)(H2,15,16,19). The number of hydrogen-bond donors (Lipinski definition) is 3. The normalized spacial score (nSPS) is 15.6. The minimum atomic E-state index is -0.941. The number of carboxylic acids is 1. The third-order valence-corrected chi connectivity index (χ3v) is 3.39. The molecular formula is C14H24N2O3. The fraction of sp³-hybridized carbons (Fsp3) is 0.714. The van der Waals surface area contributed by atoms with Gasteiger partial charge in [0.05, 0.1) is 5.41 Å². The molecule has 3 N–H and O–H groups in total. The number of rotatable bonds is 6. The van der Waals surface area contributed by atoms with E-state index in [1.165, 1.54) is 18.4 Å². The van der Waals surface area contributed by atoms with Gasteiger partial charge in [0, 0.05) is 13.1 Å². The highest BCUT2D eigenvalue weighted by Gasteiger charge is 2.27. The maximum atomic E-state index is 11.5. The predicted octanol–water partition coefficient (Wildman–Crippen LogP) is 2.29. The average Bonchev–Trinajstić information content (AvgIpc) is 2.37. The van der Waals surface area contributed by atoms with Crippen LogP contribution in [0.3, 0.4) is 0 Å². The van der Waals surface area contributed by atoms with Crippen LogP contribution in [0.1, 0.15) is 46.0 Å². The topological polar surface area (TPSA) is 78.4 Å². The third-order valence-electron chi connectivity index (χ3n) is 3.39. The molecule has 0 saturated carbocycles. The first-order valence-corrected chi connectivity index (χ1v) is 6.85. The summed E-state index contributed by atoms with van der Waals surface area (Å²) in [5, 5.41) is 14.3. The predicted molar refractivity (Wildman–Crippen MR) is 74.0 cm³/mol. The molecule has 1 aliphatic rings. The molecule has 19 heavy (non-hydrogen) atoms. The highest BCUT2D eigenvalue weighted by Crippen LogP contribution is 2.19. The van der Waals surface area contributed by atoms with Crippen molar-refractivity contribution in [2.24, 2.45) is 5.41 Å². The molecule has 0 spiro atoms. The van der Waals surface area contributed by atoms with Crippen LogP contribution in [0.15, 0.2) is 11.6 Å². The van der Waals surface area contributed by atoms with Gasteiger partial charge in [-0.1, -0.05) is 11.6 Å². The monoisotopic (exact) mass is 268 g/mol. The van der Waals surface area contributed by atoms with Crippen molar-refractivity contribution in [3.63, 3.8) is 0 Å². The van der Waals surface area contributed by atoms with Crippen LogP contribution in [-0.4, -0.2) is 30.2 Å². The van der Waals surface area contributed by atoms with E-state index in [4.69, 9.17) is 5.11 Å². The van der Waals surface area contributed by atoms with Crippen LogP contribution in [0.2, 0.25) is 0 Å². The summed E-state index contributed by atoms with van der Waals surface area (Å²) in [4.78, 5) is 22.4. The number of nitrogens with one attached hydrogen (secondary N) is 2. The van der Waals surface area contributed by atoms with Crippen molar-refractivity contribution in [1.82, 2.24) is 10.6 Å². The Bertz CT molecular complexity index is 362. The van der Waals surface area contributed by atoms with E-state index in [0.717, 1.165) is 19.3 Å². The van der Waals surface area contributed by atoms with E-state index >= 15 is 0 Å². The van der Waals surface area contributed by atoms with Crippen molar-refractivity contribution >= 4 is 12.0 Å². The van der Waals surface area contributed by atoms with E-state index in [0.29, 0.717) is 6.54 Å². The molecule has 108 valence electrons. The quantitative estimate of drug-likeness (QED) is 0.647. The first kappa shape index (κ1) is 15.5. The van der Waals surface area contributed by atoms with E-state index in [1.807, 2.05) is 0 Å². The Hall–Kier alpha value is -1.52. The van der Waals surface area contributed by atoms with Gasteiger partial charge in [-0.15, -0.1) is 0 Å². The number of urea groups is 1. The number of carbonyl (C=O) groups excluding carboxylic acids is 1. The molecular weight excluding hydrogens is 244 g/mol. The van der Waals surface area contributed by atoms with E-state index < -0.39 is 11.4 Å². The van der Waals surface area contributed by atoms with E-state index in [-0.39, 0.29) is 12.6 Å². The van der Waals surface area contributed by atoms with Gasteiger partial charge < -0.3 is 15.7 Å². The van der Waals surface area contributed by atoms with Crippen LogP contribution in [-0.2, 0) is 4.79 Å². The molecule has 2 amide bonds. The second kappa shape index (κ2) is 7.16. The average molecular weight is 268 g/mol. The summed E-state index contributed by atoms with van der Waals surface area (Å²) in [7, 11) is 0. The van der Waals surface area contributed by atoms with Gasteiger partial charge in [0.2, 0.25) is 0 Å². The van der Waals surface area contributed by atoms with Gasteiger partial charge in [0.1, 0.15) is 0 Å². The minimum absolute atomic E-state index is 0.122. The lowest BCUT2D eigenvalue weighted by Crippen LogP contribution is -2.43. The number of amides is 2. The lowest BCUT2D eigenvalue weighted by Gasteiger charge is -2.19. The van der Waals surface area contributed by atoms with Crippen molar-refractivity contribution in [2.75, 3.05) is 13.1 Å². The molecule has 0 heterocycles. The smallest absolute Gasteiger partial charge is 0.314 e. The zero-order chi connectivity index (χ0) is 14.3. The van der Waals surface area contributed by atoms with E-state index in [2.05, 4.69) is 16.7 Å². The Morgan fingerprint density at radius 3 is 2.63 bits per heavy atom. The van der Waals surface area contributed by atoms with Gasteiger partial charge in [-0.3, -0.25) is 4.79 Å². The van der Waals surface area contributed by atoms with Gasteiger partial charge in [-0.05, 0) is 46.0 Å². The summed E-state index contributed by atoms with van der Waals surface area (Å²) in [6.07, 6.45) is 7.93. The number of carbonyl (C=O) groups is 2. The van der Waals surface area contributed by atoms with Crippen LogP contribution < -0.4 is 10.6 Å². The van der Waals surface area contributed by atoms with Crippen molar-refractivity contribution in [3.05, 3.63) is 11.6 Å². The molecule has 0 aromatic carbocycles. The molecule has 0 aromatic rings. The molecule has 5 nitrogen and oxygen atoms in total. The molecule has 0 unspecified atom stereocenters. The van der Waals surface area contributed by atoms with E-state index in [1.54, 1.807) is 13.8 Å². The summed E-state index contributed by atoms with van der Waals surface area (Å²) in [6.45, 7) is 3.90. The molecule has 1 rings (SSSR count). The Kier molecular flexibility index (Phi) is 5.86. The van der Waals surface area contributed by atoms with Gasteiger partial charge in [0.25, 0.3) is 0 Å². The molecule has 0 atom stereocenters. The first-order chi connectivity index (χ1) is 8.92. The zero-order valence-electron chi connectivity index (χ0n) is 11.8. The Morgan fingerprint density at radius 1 is 1.32 bits per heavy atom. The molecule has 0 aliphatic heterocycles. The second-order valence-electron chi connectivity index (χ2n) is 5.66. The number of carboxylic acid groups (broad SMARTS) is 1. The fourth-order valence-corrected chi connectivity index (χ4v) is 1.91. The second-order valence-corrected chi connectivity index (χ2v) is 5.66. The fourth-order valence-electron chi connectivity index (χ4n) is 1.91. The first-order valence-electron chi connectivity index (χ1n) is 6.85. The van der Waals surface area contributed by atoms with Crippen LogP contribution >= 0.6 is 0 Å². The molecule has 1 aliphatic carbocycles. The maximum absolute atomic E-state index is 11.5.